The first kappa shape index (κ1) is 13.7. The Bertz CT molecular complexity index is 798. The van der Waals surface area contributed by atoms with Crippen LogP contribution in [0.3, 0.4) is 0 Å². The van der Waals surface area contributed by atoms with Crippen molar-refractivity contribution in [3.63, 3.8) is 0 Å². The molecule has 0 aliphatic rings. The molecule has 0 aliphatic heterocycles. The molecule has 0 spiro atoms. The second-order valence-electron chi connectivity index (χ2n) is 5.45. The molecule has 0 atom stereocenters. The number of fused-ring (bicyclic) bond motifs is 1. The van der Waals surface area contributed by atoms with Gasteiger partial charge in [0.15, 0.2) is 5.65 Å². The molecule has 0 N–H and O–H groups in total. The highest BCUT2D eigenvalue weighted by Gasteiger charge is 2.15. The van der Waals surface area contributed by atoms with Gasteiger partial charge in [0.05, 0.1) is 0 Å². The van der Waals surface area contributed by atoms with E-state index in [1.807, 2.05) is 12.3 Å². The van der Waals surface area contributed by atoms with E-state index in [2.05, 4.69) is 10.1 Å². The second-order valence-corrected chi connectivity index (χ2v) is 5.45. The van der Waals surface area contributed by atoms with Crippen molar-refractivity contribution in [2.24, 2.45) is 7.05 Å². The topological polar surface area (TPSA) is 30.7 Å². The number of aryl methyl sites for hydroxylation is 1. The summed E-state index contributed by atoms with van der Waals surface area (Å²) in [6, 6.07) is 4.55. The van der Waals surface area contributed by atoms with Crippen molar-refractivity contribution in [2.45, 2.75) is 19.8 Å². The van der Waals surface area contributed by atoms with Crippen LogP contribution in [0.4, 0.5) is 8.78 Å². The molecule has 3 aromatic rings. The third kappa shape index (κ3) is 2.39. The molecule has 3 rings (SSSR count). The Balaban J connectivity index is 2.13. The van der Waals surface area contributed by atoms with Gasteiger partial charge in [-0.05, 0) is 29.7 Å². The second kappa shape index (κ2) is 4.91. The number of hydrogen-bond acceptors (Lipinski definition) is 2. The van der Waals surface area contributed by atoms with E-state index in [-0.39, 0.29) is 11.5 Å². The summed E-state index contributed by atoms with van der Waals surface area (Å²) in [5.41, 5.74) is 1.88. The van der Waals surface area contributed by atoms with Crippen LogP contribution in [0.5, 0.6) is 0 Å². The zero-order chi connectivity index (χ0) is 15.1. The normalized spacial score (nSPS) is 11.5. The summed E-state index contributed by atoms with van der Waals surface area (Å²) in [4.78, 5) is 4.22. The number of nitrogens with zero attached hydrogens (tertiary/aromatic N) is 3. The predicted molar refractivity (Wildman–Crippen MR) is 78.0 cm³/mol. The molecule has 2 heterocycles. The summed E-state index contributed by atoms with van der Waals surface area (Å²) < 4.78 is 29.8. The van der Waals surface area contributed by atoms with Crippen LogP contribution < -0.4 is 0 Å². The summed E-state index contributed by atoms with van der Waals surface area (Å²) in [5, 5.41) is 5.01. The average molecular weight is 287 g/mol. The van der Waals surface area contributed by atoms with E-state index in [1.165, 1.54) is 12.1 Å². The molecule has 1 aromatic carbocycles. The maximum absolute atomic E-state index is 14.1. The fraction of sp³-hybridized carbons (Fsp3) is 0.250. The lowest BCUT2D eigenvalue weighted by Crippen LogP contribution is -1.99. The van der Waals surface area contributed by atoms with Gasteiger partial charge in [-0.15, -0.1) is 0 Å². The van der Waals surface area contributed by atoms with Gasteiger partial charge >= 0.3 is 0 Å². The van der Waals surface area contributed by atoms with Crippen LogP contribution in [0.15, 0.2) is 30.6 Å². The number of halogens is 2. The fourth-order valence-corrected chi connectivity index (χ4v) is 2.49. The molecule has 0 fully saturated rings. The maximum atomic E-state index is 14.1. The van der Waals surface area contributed by atoms with Gasteiger partial charge in [-0.3, -0.25) is 4.68 Å². The molecule has 0 saturated carbocycles. The van der Waals surface area contributed by atoms with Crippen molar-refractivity contribution >= 4 is 11.0 Å². The van der Waals surface area contributed by atoms with E-state index < -0.39 is 11.6 Å². The van der Waals surface area contributed by atoms with Crippen molar-refractivity contribution in [1.29, 1.82) is 0 Å². The van der Waals surface area contributed by atoms with Gasteiger partial charge in [0.2, 0.25) is 0 Å². The Morgan fingerprint density at radius 1 is 1.05 bits per heavy atom. The van der Waals surface area contributed by atoms with Crippen LogP contribution in [-0.4, -0.2) is 14.8 Å². The molecule has 0 amide bonds. The smallest absolute Gasteiger partial charge is 0.181 e. The molecular weight excluding hydrogens is 272 g/mol. The Hall–Kier alpha value is -2.30. The van der Waals surface area contributed by atoms with Gasteiger partial charge in [-0.2, -0.15) is 5.10 Å². The fourth-order valence-electron chi connectivity index (χ4n) is 2.49. The Labute approximate surface area is 121 Å². The van der Waals surface area contributed by atoms with Gasteiger partial charge < -0.3 is 0 Å². The van der Waals surface area contributed by atoms with E-state index >= 15 is 0 Å². The van der Waals surface area contributed by atoms with Crippen LogP contribution >= 0.6 is 0 Å². The third-order valence-electron chi connectivity index (χ3n) is 3.46. The molecule has 0 radical (unpaired) electrons. The summed E-state index contributed by atoms with van der Waals surface area (Å²) in [7, 11) is 1.80. The lowest BCUT2D eigenvalue weighted by atomic mass is 9.97. The molecule has 21 heavy (non-hydrogen) atoms. The standard InChI is InChI=1S/C16H15F2N3/c1-9(2)15-13(17)5-10(6-14(15)18)11-4-12-8-21(3)20-16(12)19-7-11/h4-9H,1-3H3. The van der Waals surface area contributed by atoms with E-state index in [1.54, 1.807) is 31.8 Å². The number of hydrogen-bond donors (Lipinski definition) is 0. The molecule has 0 unspecified atom stereocenters. The van der Waals surface area contributed by atoms with E-state index in [9.17, 15) is 8.78 Å². The maximum Gasteiger partial charge on any atom is 0.181 e. The highest BCUT2D eigenvalue weighted by Crippen LogP contribution is 2.29. The molecule has 108 valence electrons. The van der Waals surface area contributed by atoms with Crippen molar-refractivity contribution in [1.82, 2.24) is 14.8 Å². The highest BCUT2D eigenvalue weighted by molar-refractivity contribution is 5.80. The van der Waals surface area contributed by atoms with Crippen LogP contribution in [0, 0.1) is 11.6 Å². The molecule has 0 saturated heterocycles. The lowest BCUT2D eigenvalue weighted by molar-refractivity contribution is 0.542. The van der Waals surface area contributed by atoms with Gasteiger partial charge in [-0.1, -0.05) is 13.8 Å². The molecular formula is C16H15F2N3. The first-order valence-corrected chi connectivity index (χ1v) is 6.74. The van der Waals surface area contributed by atoms with Crippen LogP contribution in [-0.2, 0) is 7.05 Å². The van der Waals surface area contributed by atoms with Gasteiger partial charge in [0, 0.05) is 36.0 Å². The molecule has 3 nitrogen and oxygen atoms in total. The quantitative estimate of drug-likeness (QED) is 0.712. The summed E-state index contributed by atoms with van der Waals surface area (Å²) in [6.45, 7) is 3.54. The lowest BCUT2D eigenvalue weighted by Gasteiger charge is -2.11. The summed E-state index contributed by atoms with van der Waals surface area (Å²) >= 11 is 0. The average Bonchev–Trinajstić information content (AvgIpc) is 2.76. The van der Waals surface area contributed by atoms with Crippen molar-refractivity contribution < 1.29 is 8.78 Å². The molecule has 0 bridgehead atoms. The Morgan fingerprint density at radius 3 is 2.33 bits per heavy atom. The number of benzene rings is 1. The van der Waals surface area contributed by atoms with E-state index in [0.29, 0.717) is 16.8 Å². The van der Waals surface area contributed by atoms with Gasteiger partial charge in [0.25, 0.3) is 0 Å². The number of rotatable bonds is 2. The molecule has 0 aliphatic carbocycles. The highest BCUT2D eigenvalue weighted by atomic mass is 19.1. The minimum Gasteiger partial charge on any atom is -0.273 e. The van der Waals surface area contributed by atoms with Crippen LogP contribution in [0.25, 0.3) is 22.2 Å². The minimum absolute atomic E-state index is 0.120. The summed E-state index contributed by atoms with van der Waals surface area (Å²) in [5.74, 6) is -1.24. The van der Waals surface area contributed by atoms with Crippen molar-refractivity contribution in [3.05, 3.63) is 47.8 Å². The zero-order valence-corrected chi connectivity index (χ0v) is 12.1. The Morgan fingerprint density at radius 2 is 1.71 bits per heavy atom. The van der Waals surface area contributed by atoms with Crippen LogP contribution in [0.1, 0.15) is 25.3 Å². The number of aromatic nitrogens is 3. The largest absolute Gasteiger partial charge is 0.273 e. The van der Waals surface area contributed by atoms with Crippen molar-refractivity contribution in [2.75, 3.05) is 0 Å². The first-order valence-electron chi connectivity index (χ1n) is 6.74. The Kier molecular flexibility index (Phi) is 3.20. The predicted octanol–water partition coefficient (Wildman–Crippen LogP) is 4.04. The number of pyridine rings is 1. The van der Waals surface area contributed by atoms with Crippen LogP contribution in [0.2, 0.25) is 0 Å². The first-order chi connectivity index (χ1) is 9.95. The molecule has 2 aromatic heterocycles. The van der Waals surface area contributed by atoms with Gasteiger partial charge in [-0.25, -0.2) is 13.8 Å². The monoisotopic (exact) mass is 287 g/mol. The van der Waals surface area contributed by atoms with E-state index in [4.69, 9.17) is 0 Å². The van der Waals surface area contributed by atoms with Crippen molar-refractivity contribution in [3.8, 4) is 11.1 Å². The zero-order valence-electron chi connectivity index (χ0n) is 12.1. The minimum atomic E-state index is -0.522. The SMILES string of the molecule is CC(C)c1c(F)cc(-c2cnc3nn(C)cc3c2)cc1F. The summed E-state index contributed by atoms with van der Waals surface area (Å²) in [6.07, 6.45) is 3.40. The third-order valence-corrected chi connectivity index (χ3v) is 3.46. The van der Waals surface area contributed by atoms with Gasteiger partial charge in [0.1, 0.15) is 11.6 Å². The molecule has 5 heteroatoms. The van der Waals surface area contributed by atoms with E-state index in [0.717, 1.165) is 5.39 Å².